The Labute approximate surface area is 108 Å². The van der Waals surface area contributed by atoms with Gasteiger partial charge < -0.3 is 16.4 Å². The van der Waals surface area contributed by atoms with Gasteiger partial charge in [-0.25, -0.2) is 4.79 Å². The first kappa shape index (κ1) is 12.9. The number of carbonyl (C=O) groups is 1. The number of hydrogen-bond acceptors (Lipinski definition) is 2. The zero-order valence-electron chi connectivity index (χ0n) is 10.8. The third kappa shape index (κ3) is 3.47. The summed E-state index contributed by atoms with van der Waals surface area (Å²) in [7, 11) is 0. The molecule has 1 saturated carbocycles. The monoisotopic (exact) mass is 247 g/mol. The Morgan fingerprint density at radius 3 is 2.94 bits per heavy atom. The molecule has 0 bridgehead atoms. The van der Waals surface area contributed by atoms with Crippen LogP contribution in [-0.2, 0) is 6.54 Å². The van der Waals surface area contributed by atoms with Gasteiger partial charge in [0.05, 0.1) is 0 Å². The van der Waals surface area contributed by atoms with Gasteiger partial charge in [-0.05, 0) is 42.9 Å². The molecule has 1 aromatic rings. The zero-order valence-corrected chi connectivity index (χ0v) is 10.8. The minimum Gasteiger partial charge on any atom is -0.335 e. The Balaban J connectivity index is 1.86. The molecule has 2 amide bonds. The van der Waals surface area contributed by atoms with E-state index in [1.807, 2.05) is 24.3 Å². The number of urea groups is 1. The summed E-state index contributed by atoms with van der Waals surface area (Å²) in [5.74, 6) is 0.718. The lowest BCUT2D eigenvalue weighted by atomic mass is 10.1. The molecular formula is C14H21N3O. The second kappa shape index (κ2) is 5.87. The van der Waals surface area contributed by atoms with Gasteiger partial charge >= 0.3 is 6.03 Å². The second-order valence-corrected chi connectivity index (χ2v) is 5.12. The molecule has 2 atom stereocenters. The maximum absolute atomic E-state index is 11.8. The van der Waals surface area contributed by atoms with Crippen molar-refractivity contribution in [3.8, 4) is 0 Å². The Hall–Kier alpha value is -1.55. The van der Waals surface area contributed by atoms with Crippen LogP contribution in [0.4, 0.5) is 10.5 Å². The Kier molecular flexibility index (Phi) is 4.20. The number of amides is 2. The van der Waals surface area contributed by atoms with Crippen molar-refractivity contribution in [2.45, 2.75) is 38.8 Å². The van der Waals surface area contributed by atoms with E-state index in [0.29, 0.717) is 12.6 Å². The standard InChI is InChI=1S/C14H21N3O/c1-10-5-6-13(7-10)17-14(18)16-12-4-2-3-11(8-12)9-15/h2-4,8,10,13H,5-7,9,15H2,1H3,(H2,16,17,18). The predicted octanol–water partition coefficient (Wildman–Crippen LogP) is 2.46. The number of nitrogens with two attached hydrogens (primary N) is 1. The van der Waals surface area contributed by atoms with Crippen LogP contribution in [0.1, 0.15) is 31.7 Å². The fourth-order valence-electron chi connectivity index (χ4n) is 2.47. The van der Waals surface area contributed by atoms with E-state index in [2.05, 4.69) is 17.6 Å². The summed E-state index contributed by atoms with van der Waals surface area (Å²) >= 11 is 0. The van der Waals surface area contributed by atoms with Crippen LogP contribution in [-0.4, -0.2) is 12.1 Å². The second-order valence-electron chi connectivity index (χ2n) is 5.12. The van der Waals surface area contributed by atoms with Gasteiger partial charge in [0.2, 0.25) is 0 Å². The Morgan fingerprint density at radius 2 is 2.28 bits per heavy atom. The molecule has 2 unspecified atom stereocenters. The molecule has 0 spiro atoms. The fraction of sp³-hybridized carbons (Fsp3) is 0.500. The van der Waals surface area contributed by atoms with Crippen molar-refractivity contribution in [2.24, 2.45) is 11.7 Å². The molecular weight excluding hydrogens is 226 g/mol. The fourth-order valence-corrected chi connectivity index (χ4v) is 2.47. The summed E-state index contributed by atoms with van der Waals surface area (Å²) in [5, 5.41) is 5.87. The van der Waals surface area contributed by atoms with E-state index in [0.717, 1.165) is 30.0 Å². The van der Waals surface area contributed by atoms with Crippen molar-refractivity contribution in [3.63, 3.8) is 0 Å². The van der Waals surface area contributed by atoms with Crippen LogP contribution in [0.2, 0.25) is 0 Å². The summed E-state index contributed by atoms with van der Waals surface area (Å²) in [4.78, 5) is 11.8. The molecule has 4 nitrogen and oxygen atoms in total. The van der Waals surface area contributed by atoms with Crippen LogP contribution in [0.3, 0.4) is 0 Å². The minimum atomic E-state index is -0.122. The lowest BCUT2D eigenvalue weighted by molar-refractivity contribution is 0.248. The van der Waals surface area contributed by atoms with Crippen LogP contribution < -0.4 is 16.4 Å². The van der Waals surface area contributed by atoms with Gasteiger partial charge in [-0.15, -0.1) is 0 Å². The van der Waals surface area contributed by atoms with Crippen molar-refractivity contribution in [1.29, 1.82) is 0 Å². The highest BCUT2D eigenvalue weighted by molar-refractivity contribution is 5.89. The highest BCUT2D eigenvalue weighted by atomic mass is 16.2. The average molecular weight is 247 g/mol. The molecule has 98 valence electrons. The van der Waals surface area contributed by atoms with Crippen LogP contribution in [0.5, 0.6) is 0 Å². The van der Waals surface area contributed by atoms with Gasteiger partial charge in [-0.2, -0.15) is 0 Å². The summed E-state index contributed by atoms with van der Waals surface area (Å²) < 4.78 is 0. The van der Waals surface area contributed by atoms with Crippen molar-refractivity contribution in [1.82, 2.24) is 5.32 Å². The molecule has 1 aromatic carbocycles. The zero-order chi connectivity index (χ0) is 13.0. The lowest BCUT2D eigenvalue weighted by Crippen LogP contribution is -2.36. The highest BCUT2D eigenvalue weighted by Crippen LogP contribution is 2.24. The SMILES string of the molecule is CC1CCC(NC(=O)Nc2cccc(CN)c2)C1. The van der Waals surface area contributed by atoms with Crippen molar-refractivity contribution >= 4 is 11.7 Å². The minimum absolute atomic E-state index is 0.122. The molecule has 4 N–H and O–H groups in total. The number of carbonyl (C=O) groups excluding carboxylic acids is 1. The molecule has 0 heterocycles. The Bertz CT molecular complexity index is 419. The largest absolute Gasteiger partial charge is 0.335 e. The molecule has 0 aliphatic heterocycles. The third-order valence-corrected chi connectivity index (χ3v) is 3.45. The van der Waals surface area contributed by atoms with E-state index in [1.54, 1.807) is 0 Å². The van der Waals surface area contributed by atoms with E-state index in [-0.39, 0.29) is 6.03 Å². The average Bonchev–Trinajstić information content (AvgIpc) is 2.74. The van der Waals surface area contributed by atoms with E-state index in [1.165, 1.54) is 6.42 Å². The molecule has 1 aliphatic carbocycles. The Morgan fingerprint density at radius 1 is 1.44 bits per heavy atom. The van der Waals surface area contributed by atoms with Gasteiger partial charge in [0.1, 0.15) is 0 Å². The first-order chi connectivity index (χ1) is 8.67. The van der Waals surface area contributed by atoms with Crippen LogP contribution >= 0.6 is 0 Å². The maximum Gasteiger partial charge on any atom is 0.319 e. The van der Waals surface area contributed by atoms with Gasteiger partial charge in [0.25, 0.3) is 0 Å². The van der Waals surface area contributed by atoms with Crippen LogP contribution in [0.25, 0.3) is 0 Å². The molecule has 0 aromatic heterocycles. The molecule has 0 radical (unpaired) electrons. The molecule has 18 heavy (non-hydrogen) atoms. The van der Waals surface area contributed by atoms with E-state index in [4.69, 9.17) is 5.73 Å². The van der Waals surface area contributed by atoms with Gasteiger partial charge in [-0.3, -0.25) is 0 Å². The normalized spacial score (nSPS) is 22.8. The number of hydrogen-bond donors (Lipinski definition) is 3. The maximum atomic E-state index is 11.8. The van der Waals surface area contributed by atoms with Crippen LogP contribution in [0.15, 0.2) is 24.3 Å². The number of benzene rings is 1. The summed E-state index contributed by atoms with van der Waals surface area (Å²) in [6.07, 6.45) is 3.36. The van der Waals surface area contributed by atoms with E-state index in [9.17, 15) is 4.79 Å². The van der Waals surface area contributed by atoms with Gasteiger partial charge in [0.15, 0.2) is 0 Å². The highest BCUT2D eigenvalue weighted by Gasteiger charge is 2.22. The lowest BCUT2D eigenvalue weighted by Gasteiger charge is -2.13. The number of anilines is 1. The van der Waals surface area contributed by atoms with Crippen molar-refractivity contribution in [2.75, 3.05) is 5.32 Å². The molecule has 0 saturated heterocycles. The van der Waals surface area contributed by atoms with Gasteiger partial charge in [-0.1, -0.05) is 19.1 Å². The number of rotatable bonds is 3. The van der Waals surface area contributed by atoms with Crippen LogP contribution in [0, 0.1) is 5.92 Å². The smallest absolute Gasteiger partial charge is 0.319 e. The van der Waals surface area contributed by atoms with Crippen molar-refractivity contribution < 1.29 is 4.79 Å². The quantitative estimate of drug-likeness (QED) is 0.768. The predicted molar refractivity (Wildman–Crippen MR) is 73.3 cm³/mol. The topological polar surface area (TPSA) is 67.2 Å². The first-order valence-corrected chi connectivity index (χ1v) is 6.54. The summed E-state index contributed by atoms with van der Waals surface area (Å²) in [5.41, 5.74) is 7.38. The molecule has 2 rings (SSSR count). The summed E-state index contributed by atoms with van der Waals surface area (Å²) in [6, 6.07) is 7.81. The van der Waals surface area contributed by atoms with E-state index >= 15 is 0 Å². The first-order valence-electron chi connectivity index (χ1n) is 6.54. The molecule has 4 heteroatoms. The van der Waals surface area contributed by atoms with Crippen molar-refractivity contribution in [3.05, 3.63) is 29.8 Å². The third-order valence-electron chi connectivity index (χ3n) is 3.45. The van der Waals surface area contributed by atoms with Gasteiger partial charge in [0, 0.05) is 18.3 Å². The molecule has 1 aliphatic rings. The van der Waals surface area contributed by atoms with E-state index < -0.39 is 0 Å². The summed E-state index contributed by atoms with van der Waals surface area (Å²) in [6.45, 7) is 2.71. The molecule has 1 fully saturated rings. The number of nitrogens with one attached hydrogen (secondary N) is 2.